The van der Waals surface area contributed by atoms with E-state index in [1.165, 1.54) is 4.88 Å². The van der Waals surface area contributed by atoms with Crippen LogP contribution in [-0.2, 0) is 0 Å². The third-order valence-corrected chi connectivity index (χ3v) is 5.71. The van der Waals surface area contributed by atoms with Gasteiger partial charge in [0.1, 0.15) is 16.0 Å². The van der Waals surface area contributed by atoms with Crippen molar-refractivity contribution in [3.8, 4) is 11.5 Å². The van der Waals surface area contributed by atoms with Crippen molar-refractivity contribution < 1.29 is 9.47 Å². The molecule has 20 heavy (non-hydrogen) atoms. The second kappa shape index (κ2) is 6.93. The van der Waals surface area contributed by atoms with Crippen LogP contribution in [0, 0.1) is 0 Å². The number of hydrogen-bond donors (Lipinski definition) is 1. The molecule has 6 heteroatoms. The zero-order valence-electron chi connectivity index (χ0n) is 11.4. The molecule has 0 amide bonds. The van der Waals surface area contributed by atoms with E-state index < -0.39 is 0 Å². The Morgan fingerprint density at radius 2 is 1.90 bits per heavy atom. The summed E-state index contributed by atoms with van der Waals surface area (Å²) in [5, 5.41) is 5.40. The number of hydrogen-bond acceptors (Lipinski definition) is 4. The highest BCUT2D eigenvalue weighted by Crippen LogP contribution is 2.43. The molecule has 0 aliphatic heterocycles. The van der Waals surface area contributed by atoms with Gasteiger partial charge < -0.3 is 14.8 Å². The Balaban J connectivity index is 2.56. The molecule has 0 aliphatic carbocycles. The van der Waals surface area contributed by atoms with E-state index in [9.17, 15) is 0 Å². The highest BCUT2D eigenvalue weighted by molar-refractivity contribution is 9.11. The van der Waals surface area contributed by atoms with Crippen LogP contribution in [0.4, 0.5) is 0 Å². The van der Waals surface area contributed by atoms with E-state index in [2.05, 4.69) is 48.6 Å². The Kier molecular flexibility index (Phi) is 5.49. The largest absolute Gasteiger partial charge is 0.495 e. The average molecular weight is 421 g/mol. The molecule has 1 N–H and O–H groups in total. The Hall–Kier alpha value is -0.560. The molecule has 0 aliphatic rings. The second-order valence-corrected chi connectivity index (χ2v) is 6.65. The molecule has 108 valence electrons. The summed E-state index contributed by atoms with van der Waals surface area (Å²) in [5.74, 6) is 1.54. The predicted octanol–water partition coefficient (Wildman–Crippen LogP) is 4.60. The molecule has 0 saturated carbocycles. The van der Waals surface area contributed by atoms with Crippen LogP contribution in [0.1, 0.15) is 16.5 Å². The summed E-state index contributed by atoms with van der Waals surface area (Å²) in [6.45, 7) is 0. The summed E-state index contributed by atoms with van der Waals surface area (Å²) < 4.78 is 12.8. The minimum Gasteiger partial charge on any atom is -0.495 e. The highest BCUT2D eigenvalue weighted by atomic mass is 79.9. The summed E-state index contributed by atoms with van der Waals surface area (Å²) in [6.07, 6.45) is 0. The summed E-state index contributed by atoms with van der Waals surface area (Å²) >= 11 is 8.84. The number of rotatable bonds is 5. The molecule has 1 aromatic carbocycles. The van der Waals surface area contributed by atoms with E-state index in [4.69, 9.17) is 9.47 Å². The fourth-order valence-corrected chi connectivity index (χ4v) is 4.50. The highest BCUT2D eigenvalue weighted by Gasteiger charge is 2.23. The van der Waals surface area contributed by atoms with E-state index in [0.717, 1.165) is 26.0 Å². The molecule has 0 fully saturated rings. The molecule has 1 heterocycles. The van der Waals surface area contributed by atoms with Crippen LogP contribution in [0.3, 0.4) is 0 Å². The van der Waals surface area contributed by atoms with E-state index in [1.807, 2.05) is 19.2 Å². The number of nitrogens with one attached hydrogen (secondary N) is 1. The van der Waals surface area contributed by atoms with Crippen LogP contribution in [0.5, 0.6) is 11.5 Å². The Labute approximate surface area is 139 Å². The Morgan fingerprint density at radius 3 is 2.40 bits per heavy atom. The quantitative estimate of drug-likeness (QED) is 0.766. The second-order valence-electron chi connectivity index (χ2n) is 4.06. The van der Waals surface area contributed by atoms with E-state index in [-0.39, 0.29) is 6.04 Å². The number of benzene rings is 1. The molecule has 2 rings (SSSR count). The molecule has 2 aromatic rings. The third kappa shape index (κ3) is 2.88. The molecule has 0 spiro atoms. The van der Waals surface area contributed by atoms with E-state index >= 15 is 0 Å². The maximum atomic E-state index is 5.56. The first-order valence-corrected chi connectivity index (χ1v) is 8.41. The Bertz CT molecular complexity index is 601. The lowest BCUT2D eigenvalue weighted by Crippen LogP contribution is -2.18. The van der Waals surface area contributed by atoms with Crippen LogP contribution in [0.15, 0.2) is 32.5 Å². The maximum absolute atomic E-state index is 5.56. The van der Waals surface area contributed by atoms with Gasteiger partial charge in [0.05, 0.1) is 20.3 Å². The normalized spacial score (nSPS) is 12.2. The van der Waals surface area contributed by atoms with Crippen molar-refractivity contribution in [1.82, 2.24) is 5.32 Å². The molecule has 3 nitrogen and oxygen atoms in total. The van der Waals surface area contributed by atoms with Gasteiger partial charge in [0, 0.05) is 14.9 Å². The van der Waals surface area contributed by atoms with Crippen LogP contribution in [-0.4, -0.2) is 21.3 Å². The van der Waals surface area contributed by atoms with Crippen LogP contribution < -0.4 is 14.8 Å². The minimum atomic E-state index is 0.0570. The molecular formula is C14H15Br2NO2S. The molecular weight excluding hydrogens is 406 g/mol. The number of halogens is 2. The van der Waals surface area contributed by atoms with Crippen molar-refractivity contribution in [2.75, 3.05) is 21.3 Å². The third-order valence-electron chi connectivity index (χ3n) is 3.02. The summed E-state index contributed by atoms with van der Waals surface area (Å²) in [6, 6.07) is 6.07. The molecule has 0 saturated heterocycles. The van der Waals surface area contributed by atoms with Gasteiger partial charge in [-0.3, -0.25) is 0 Å². The van der Waals surface area contributed by atoms with E-state index in [0.29, 0.717) is 0 Å². The minimum absolute atomic E-state index is 0.0570. The first-order chi connectivity index (χ1) is 9.63. The number of methoxy groups -OCH3 is 2. The van der Waals surface area contributed by atoms with E-state index in [1.54, 1.807) is 25.6 Å². The van der Waals surface area contributed by atoms with Crippen molar-refractivity contribution in [3.05, 3.63) is 43.0 Å². The van der Waals surface area contributed by atoms with Crippen molar-refractivity contribution in [1.29, 1.82) is 0 Å². The van der Waals surface area contributed by atoms with Gasteiger partial charge in [-0.25, -0.2) is 0 Å². The monoisotopic (exact) mass is 419 g/mol. The van der Waals surface area contributed by atoms with Gasteiger partial charge >= 0.3 is 0 Å². The Morgan fingerprint density at radius 1 is 1.15 bits per heavy atom. The van der Waals surface area contributed by atoms with Crippen molar-refractivity contribution >= 4 is 43.2 Å². The molecule has 1 aromatic heterocycles. The lowest BCUT2D eigenvalue weighted by Gasteiger charge is -2.21. The molecule has 0 bridgehead atoms. The van der Waals surface area contributed by atoms with Gasteiger partial charge in [-0.15, -0.1) is 11.3 Å². The number of ether oxygens (including phenoxy) is 2. The van der Waals surface area contributed by atoms with Crippen LogP contribution >= 0.6 is 43.2 Å². The lowest BCUT2D eigenvalue weighted by atomic mass is 10.0. The first kappa shape index (κ1) is 15.8. The molecule has 0 radical (unpaired) electrons. The maximum Gasteiger partial charge on any atom is 0.141 e. The fraction of sp³-hybridized carbons (Fsp3) is 0.286. The molecule has 1 atom stereocenters. The van der Waals surface area contributed by atoms with Gasteiger partial charge in [0.25, 0.3) is 0 Å². The molecule has 1 unspecified atom stereocenters. The average Bonchev–Trinajstić information content (AvgIpc) is 2.86. The van der Waals surface area contributed by atoms with Gasteiger partial charge in [-0.2, -0.15) is 0 Å². The van der Waals surface area contributed by atoms with Crippen molar-refractivity contribution in [2.45, 2.75) is 6.04 Å². The van der Waals surface area contributed by atoms with Gasteiger partial charge in [-0.05, 0) is 62.5 Å². The smallest absolute Gasteiger partial charge is 0.141 e. The van der Waals surface area contributed by atoms with Gasteiger partial charge in [0.15, 0.2) is 0 Å². The van der Waals surface area contributed by atoms with Gasteiger partial charge in [0.2, 0.25) is 0 Å². The first-order valence-electron chi connectivity index (χ1n) is 5.94. The van der Waals surface area contributed by atoms with Crippen molar-refractivity contribution in [2.24, 2.45) is 0 Å². The van der Waals surface area contributed by atoms with Crippen LogP contribution in [0.25, 0.3) is 0 Å². The summed E-state index contributed by atoms with van der Waals surface area (Å²) in [5.41, 5.74) is 1.06. The predicted molar refractivity (Wildman–Crippen MR) is 90.2 cm³/mol. The van der Waals surface area contributed by atoms with Crippen molar-refractivity contribution in [3.63, 3.8) is 0 Å². The van der Waals surface area contributed by atoms with Crippen LogP contribution in [0.2, 0.25) is 0 Å². The number of thiophene rings is 1. The lowest BCUT2D eigenvalue weighted by molar-refractivity contribution is 0.383. The zero-order chi connectivity index (χ0) is 14.7. The zero-order valence-corrected chi connectivity index (χ0v) is 15.4. The SMILES string of the molecule is CNC(c1ccc(OC)c(Br)c1OC)c1sccc1Br. The topological polar surface area (TPSA) is 30.5 Å². The van der Waals surface area contributed by atoms with Gasteiger partial charge in [-0.1, -0.05) is 0 Å². The summed E-state index contributed by atoms with van der Waals surface area (Å²) in [4.78, 5) is 1.21. The fourth-order valence-electron chi connectivity index (χ4n) is 2.08. The summed E-state index contributed by atoms with van der Waals surface area (Å²) in [7, 11) is 5.25. The standard InChI is InChI=1S/C14H15Br2NO2S/c1-17-12(14-9(15)6-7-20-14)8-4-5-10(18-2)11(16)13(8)19-3/h4-7,12,17H,1-3H3.